The third-order valence-electron chi connectivity index (χ3n) is 4.63. The number of aliphatic hydroxyl groups excluding tert-OH is 1. The van der Waals surface area contributed by atoms with Crippen LogP contribution in [0.3, 0.4) is 0 Å². The quantitative estimate of drug-likeness (QED) is 0.837. The molecule has 23 heavy (non-hydrogen) atoms. The molecule has 1 unspecified atom stereocenters. The number of carboxylic acid groups (broad SMARTS) is 1. The minimum absolute atomic E-state index is 0.0183. The van der Waals surface area contributed by atoms with E-state index in [1.165, 1.54) is 6.07 Å². The van der Waals surface area contributed by atoms with Crippen molar-refractivity contribution in [1.29, 1.82) is 0 Å². The van der Waals surface area contributed by atoms with Gasteiger partial charge in [-0.3, -0.25) is 4.79 Å². The van der Waals surface area contributed by atoms with E-state index in [4.69, 9.17) is 19.3 Å². The zero-order chi connectivity index (χ0) is 16.3. The lowest BCUT2D eigenvalue weighted by Gasteiger charge is -2.41. The van der Waals surface area contributed by atoms with Gasteiger partial charge in [0.2, 0.25) is 0 Å². The van der Waals surface area contributed by atoms with Crippen molar-refractivity contribution in [3.8, 4) is 0 Å². The van der Waals surface area contributed by atoms with E-state index in [1.807, 2.05) is 0 Å². The number of benzene rings is 1. The normalized spacial score (nSPS) is 41.8. The highest BCUT2D eigenvalue weighted by molar-refractivity contribution is 5.75. The third-order valence-corrected chi connectivity index (χ3v) is 4.63. The fourth-order valence-electron chi connectivity index (χ4n) is 3.43. The molecule has 2 N–H and O–H groups in total. The van der Waals surface area contributed by atoms with Gasteiger partial charge in [0.1, 0.15) is 23.8 Å². The van der Waals surface area contributed by atoms with E-state index in [2.05, 4.69) is 0 Å². The molecule has 0 amide bonds. The van der Waals surface area contributed by atoms with Gasteiger partial charge in [0.05, 0.1) is 24.7 Å². The van der Waals surface area contributed by atoms with Gasteiger partial charge in [-0.15, -0.1) is 0 Å². The first kappa shape index (κ1) is 14.9. The first-order valence-electron chi connectivity index (χ1n) is 7.25. The van der Waals surface area contributed by atoms with Crippen molar-refractivity contribution in [2.24, 2.45) is 11.8 Å². The molecule has 0 bridgehead atoms. The highest BCUT2D eigenvalue weighted by Crippen LogP contribution is 2.52. The van der Waals surface area contributed by atoms with Crippen LogP contribution in [0.1, 0.15) is 11.9 Å². The van der Waals surface area contributed by atoms with Crippen LogP contribution in [0.15, 0.2) is 18.2 Å². The lowest BCUT2D eigenvalue weighted by molar-refractivity contribution is -0.301. The molecule has 1 aromatic rings. The molecule has 1 aromatic carbocycles. The molecule has 2 aliphatic heterocycles. The Morgan fingerprint density at radius 3 is 2.70 bits per heavy atom. The Bertz CT molecular complexity index is 653. The minimum Gasteiger partial charge on any atom is -0.481 e. The number of aliphatic carboxylic acids is 1. The summed E-state index contributed by atoms with van der Waals surface area (Å²) in [5.74, 6) is -3.86. The summed E-state index contributed by atoms with van der Waals surface area (Å²) < 4.78 is 43.4. The van der Waals surface area contributed by atoms with Gasteiger partial charge in [0, 0.05) is 17.5 Å². The summed E-state index contributed by atoms with van der Waals surface area (Å²) in [4.78, 5) is 11.1. The van der Waals surface area contributed by atoms with Gasteiger partial charge in [-0.05, 0) is 12.1 Å². The summed E-state index contributed by atoms with van der Waals surface area (Å²) in [7, 11) is 0. The molecule has 124 valence electrons. The highest BCUT2D eigenvalue weighted by atomic mass is 19.1. The number of halogens is 2. The van der Waals surface area contributed by atoms with Crippen LogP contribution >= 0.6 is 0 Å². The fraction of sp³-hybridized carbons (Fsp3) is 0.533. The summed E-state index contributed by atoms with van der Waals surface area (Å²) >= 11 is 0. The van der Waals surface area contributed by atoms with E-state index in [9.17, 15) is 18.7 Å². The van der Waals surface area contributed by atoms with Crippen LogP contribution in [-0.4, -0.2) is 47.2 Å². The first-order chi connectivity index (χ1) is 11.0. The lowest BCUT2D eigenvalue weighted by atomic mass is 9.99. The number of carboxylic acids is 1. The van der Waals surface area contributed by atoms with E-state index in [0.29, 0.717) is 0 Å². The van der Waals surface area contributed by atoms with Gasteiger partial charge < -0.3 is 24.4 Å². The molecule has 1 aliphatic carbocycles. The number of carbonyl (C=O) groups is 1. The molecule has 0 aromatic heterocycles. The van der Waals surface area contributed by atoms with Gasteiger partial charge in [0.15, 0.2) is 6.29 Å². The Morgan fingerprint density at radius 1 is 1.22 bits per heavy atom. The molecule has 0 spiro atoms. The first-order valence-corrected chi connectivity index (χ1v) is 7.25. The topological polar surface area (TPSA) is 85.2 Å². The van der Waals surface area contributed by atoms with Crippen molar-refractivity contribution in [3.63, 3.8) is 0 Å². The van der Waals surface area contributed by atoms with Gasteiger partial charge in [-0.2, -0.15) is 0 Å². The molecule has 6 nitrogen and oxygen atoms in total. The number of fused-ring (bicyclic) bond motifs is 2. The van der Waals surface area contributed by atoms with Crippen LogP contribution in [0.4, 0.5) is 8.78 Å². The van der Waals surface area contributed by atoms with Gasteiger partial charge in [-0.25, -0.2) is 8.78 Å². The van der Waals surface area contributed by atoms with Crippen molar-refractivity contribution in [2.75, 3.05) is 6.61 Å². The second kappa shape index (κ2) is 5.20. The molecule has 2 saturated heterocycles. The van der Waals surface area contributed by atoms with Crippen molar-refractivity contribution in [3.05, 3.63) is 35.4 Å². The number of rotatable bonds is 2. The zero-order valence-corrected chi connectivity index (χ0v) is 11.8. The Balaban J connectivity index is 1.53. The number of hydrogen-bond donors (Lipinski definition) is 2. The average Bonchev–Trinajstić information content (AvgIpc) is 3.22. The Hall–Kier alpha value is -1.61. The van der Waals surface area contributed by atoms with E-state index in [0.717, 1.165) is 12.1 Å². The Labute approximate surface area is 129 Å². The maximum Gasteiger partial charge on any atom is 0.309 e. The summed E-state index contributed by atoms with van der Waals surface area (Å²) in [5, 5.41) is 19.4. The molecule has 4 rings (SSSR count). The summed E-state index contributed by atoms with van der Waals surface area (Å²) in [5.41, 5.74) is 0.0183. The van der Waals surface area contributed by atoms with Crippen LogP contribution in [0, 0.1) is 23.5 Å². The van der Waals surface area contributed by atoms with Gasteiger partial charge in [0.25, 0.3) is 0 Å². The van der Waals surface area contributed by atoms with Crippen molar-refractivity contribution in [1.82, 2.24) is 0 Å². The maximum absolute atomic E-state index is 13.8. The smallest absolute Gasteiger partial charge is 0.309 e. The second-order valence-corrected chi connectivity index (χ2v) is 6.00. The number of hydrogen-bond acceptors (Lipinski definition) is 5. The van der Waals surface area contributed by atoms with Crippen LogP contribution in [0.2, 0.25) is 0 Å². The Kier molecular flexibility index (Phi) is 3.38. The molecule has 8 heteroatoms. The van der Waals surface area contributed by atoms with Crippen LogP contribution in [-0.2, 0) is 19.0 Å². The summed E-state index contributed by atoms with van der Waals surface area (Å²) in [6, 6.07) is 3.02. The second-order valence-electron chi connectivity index (χ2n) is 6.00. The van der Waals surface area contributed by atoms with E-state index >= 15 is 0 Å². The highest BCUT2D eigenvalue weighted by Gasteiger charge is 2.67. The van der Waals surface area contributed by atoms with Crippen LogP contribution < -0.4 is 0 Å². The zero-order valence-electron chi connectivity index (χ0n) is 11.8. The van der Waals surface area contributed by atoms with E-state index in [1.54, 1.807) is 0 Å². The largest absolute Gasteiger partial charge is 0.481 e. The maximum atomic E-state index is 13.8. The molecule has 2 heterocycles. The van der Waals surface area contributed by atoms with Gasteiger partial charge >= 0.3 is 5.97 Å². The predicted molar refractivity (Wildman–Crippen MR) is 69.2 cm³/mol. The molecular weight excluding hydrogens is 314 g/mol. The van der Waals surface area contributed by atoms with Crippen molar-refractivity contribution >= 4 is 5.97 Å². The van der Waals surface area contributed by atoms with Crippen molar-refractivity contribution < 1.29 is 38.0 Å². The summed E-state index contributed by atoms with van der Waals surface area (Å²) in [6.07, 6.45) is -4.11. The Morgan fingerprint density at radius 2 is 2.00 bits per heavy atom. The lowest BCUT2D eigenvalue weighted by Crippen LogP contribution is -2.53. The summed E-state index contributed by atoms with van der Waals surface area (Å²) in [6.45, 7) is 0.0266. The average molecular weight is 328 g/mol. The van der Waals surface area contributed by atoms with Crippen LogP contribution in [0.25, 0.3) is 0 Å². The van der Waals surface area contributed by atoms with E-state index < -0.39 is 60.1 Å². The van der Waals surface area contributed by atoms with Crippen molar-refractivity contribution in [2.45, 2.75) is 30.7 Å². The monoisotopic (exact) mass is 328 g/mol. The molecular formula is C15H14F2O6. The minimum atomic E-state index is -1.10. The third kappa shape index (κ3) is 2.33. The molecule has 3 aliphatic rings. The standard InChI is InChI=1S/C15H14F2O6/c16-5-1-2-6(7(17)3-5)15-21-4-8-12(23-15)11(18)9-10(14(19)20)13(9)22-8/h1-3,8-13,15,18H,4H2,(H,19,20)/t8-,9-,10?,11-,12-,13+,15-/m1/s1. The van der Waals surface area contributed by atoms with Gasteiger partial charge in [-0.1, -0.05) is 0 Å². The number of aliphatic hydroxyl groups is 1. The fourth-order valence-corrected chi connectivity index (χ4v) is 3.43. The van der Waals surface area contributed by atoms with E-state index in [-0.39, 0.29) is 12.2 Å². The predicted octanol–water partition coefficient (Wildman–Crippen LogP) is 0.838. The van der Waals surface area contributed by atoms with Crippen LogP contribution in [0.5, 0.6) is 0 Å². The SMILES string of the molecule is O=C(O)C1[C@@H]2[C@@H](O)[C@@H]3O[C@H](c4ccc(F)cc4F)OC[C@H]3O[C@H]12. The molecule has 7 atom stereocenters. The molecule has 0 radical (unpaired) electrons. The molecule has 3 fully saturated rings. The molecule has 1 saturated carbocycles. The number of ether oxygens (including phenoxy) is 3.